The molecule has 0 bridgehead atoms. The molecule has 1 aliphatic rings. The minimum Gasteiger partial charge on any atom is -0.383 e. The van der Waals surface area contributed by atoms with E-state index in [1.54, 1.807) is 6.20 Å². The molecule has 1 fully saturated rings. The van der Waals surface area contributed by atoms with Crippen LogP contribution in [0.15, 0.2) is 10.7 Å². The lowest BCUT2D eigenvalue weighted by molar-refractivity contribution is -0.0350. The number of aromatic nitrogens is 2. The Labute approximate surface area is 123 Å². The number of likely N-dealkylation sites (tertiary alicyclic amines) is 1. The molecule has 0 aromatic carbocycles. The molecule has 0 unspecified atom stereocenters. The number of aliphatic hydroxyl groups is 1. The summed E-state index contributed by atoms with van der Waals surface area (Å²) >= 11 is 3.53. The third-order valence-corrected chi connectivity index (χ3v) is 4.42. The molecule has 0 atom stereocenters. The van der Waals surface area contributed by atoms with Gasteiger partial charge in [0.2, 0.25) is 0 Å². The number of halogens is 1. The van der Waals surface area contributed by atoms with Gasteiger partial charge in [0, 0.05) is 26.2 Å². The van der Waals surface area contributed by atoms with Crippen LogP contribution in [0.1, 0.15) is 39.3 Å². The second-order valence-electron chi connectivity index (χ2n) is 5.88. The van der Waals surface area contributed by atoms with Crippen LogP contribution in [0, 0.1) is 5.92 Å². The van der Waals surface area contributed by atoms with Gasteiger partial charge in [0.05, 0.1) is 16.4 Å². The molecule has 1 aromatic rings. The fourth-order valence-corrected chi connectivity index (χ4v) is 3.59. The van der Waals surface area contributed by atoms with E-state index in [4.69, 9.17) is 0 Å². The number of hydrogen-bond acceptors (Lipinski definition) is 3. The Morgan fingerprint density at radius 1 is 1.42 bits per heavy atom. The summed E-state index contributed by atoms with van der Waals surface area (Å²) < 4.78 is 2.83. The van der Waals surface area contributed by atoms with E-state index in [-0.39, 0.29) is 0 Å². The fraction of sp³-hybridized carbons (Fsp3) is 0.786. The van der Waals surface area contributed by atoms with Crippen molar-refractivity contribution in [3.8, 4) is 0 Å². The lowest BCUT2D eigenvalue weighted by atomic mass is 9.87. The topological polar surface area (TPSA) is 41.3 Å². The van der Waals surface area contributed by atoms with E-state index in [9.17, 15) is 5.11 Å². The molecule has 0 saturated carbocycles. The monoisotopic (exact) mass is 329 g/mol. The van der Waals surface area contributed by atoms with Crippen molar-refractivity contribution in [2.45, 2.75) is 45.8 Å². The SMILES string of the molecule is CCn1ncc(Br)c1C1(O)CCN(CC(C)C)CC1. The van der Waals surface area contributed by atoms with Crippen LogP contribution in [0.2, 0.25) is 0 Å². The first-order valence-corrected chi connectivity index (χ1v) is 7.92. The molecule has 1 N–H and O–H groups in total. The van der Waals surface area contributed by atoms with Crippen molar-refractivity contribution in [1.29, 1.82) is 0 Å². The van der Waals surface area contributed by atoms with Gasteiger partial charge in [-0.1, -0.05) is 13.8 Å². The predicted octanol–water partition coefficient (Wildman–Crippen LogP) is 2.60. The van der Waals surface area contributed by atoms with E-state index >= 15 is 0 Å². The minimum absolute atomic E-state index is 0.680. The molecule has 0 amide bonds. The fourth-order valence-electron chi connectivity index (χ4n) is 2.92. The summed E-state index contributed by atoms with van der Waals surface area (Å²) in [5.41, 5.74) is 0.206. The summed E-state index contributed by atoms with van der Waals surface area (Å²) in [6.07, 6.45) is 3.35. The second-order valence-corrected chi connectivity index (χ2v) is 6.74. The summed E-state index contributed by atoms with van der Waals surface area (Å²) in [5, 5.41) is 15.3. The van der Waals surface area contributed by atoms with Crippen LogP contribution in [-0.2, 0) is 12.1 Å². The Morgan fingerprint density at radius 3 is 2.58 bits per heavy atom. The van der Waals surface area contributed by atoms with Gasteiger partial charge >= 0.3 is 0 Å². The Morgan fingerprint density at radius 2 is 2.05 bits per heavy atom. The highest BCUT2D eigenvalue weighted by Gasteiger charge is 2.38. The smallest absolute Gasteiger partial charge is 0.110 e. The van der Waals surface area contributed by atoms with E-state index in [2.05, 4.69) is 46.7 Å². The van der Waals surface area contributed by atoms with Gasteiger partial charge in [-0.2, -0.15) is 5.10 Å². The molecule has 1 aromatic heterocycles. The van der Waals surface area contributed by atoms with Gasteiger partial charge in [-0.15, -0.1) is 0 Å². The van der Waals surface area contributed by atoms with Gasteiger partial charge in [0.25, 0.3) is 0 Å². The standard InChI is InChI=1S/C14H24BrN3O/c1-4-18-13(12(15)9-16-18)14(19)5-7-17(8-6-14)10-11(2)3/h9,11,19H,4-8,10H2,1-3H3. The quantitative estimate of drug-likeness (QED) is 0.923. The van der Waals surface area contributed by atoms with Crippen LogP contribution in [-0.4, -0.2) is 39.4 Å². The Hall–Kier alpha value is -0.390. The highest BCUT2D eigenvalue weighted by molar-refractivity contribution is 9.10. The number of piperidine rings is 1. The van der Waals surface area contributed by atoms with Gasteiger partial charge in [0.1, 0.15) is 5.60 Å². The molecule has 0 aliphatic carbocycles. The predicted molar refractivity (Wildman–Crippen MR) is 80.0 cm³/mol. The third-order valence-electron chi connectivity index (χ3n) is 3.84. The first-order chi connectivity index (χ1) is 8.96. The van der Waals surface area contributed by atoms with Crippen molar-refractivity contribution in [3.05, 3.63) is 16.4 Å². The second kappa shape index (κ2) is 5.94. The van der Waals surface area contributed by atoms with Crippen LogP contribution < -0.4 is 0 Å². The van der Waals surface area contributed by atoms with Crippen LogP contribution in [0.5, 0.6) is 0 Å². The molecule has 1 aliphatic heterocycles. The average molecular weight is 330 g/mol. The van der Waals surface area contributed by atoms with Crippen molar-refractivity contribution in [2.75, 3.05) is 19.6 Å². The molecule has 1 saturated heterocycles. The molecule has 5 heteroatoms. The number of rotatable bonds is 4. The van der Waals surface area contributed by atoms with Crippen molar-refractivity contribution < 1.29 is 5.11 Å². The van der Waals surface area contributed by atoms with Crippen molar-refractivity contribution >= 4 is 15.9 Å². The van der Waals surface area contributed by atoms with Gasteiger partial charge in [-0.3, -0.25) is 4.68 Å². The first-order valence-electron chi connectivity index (χ1n) is 7.13. The van der Waals surface area contributed by atoms with Crippen LogP contribution in [0.4, 0.5) is 0 Å². The van der Waals surface area contributed by atoms with Crippen LogP contribution in [0.3, 0.4) is 0 Å². The zero-order valence-corrected chi connectivity index (χ0v) is 13.7. The summed E-state index contributed by atoms with van der Waals surface area (Å²) in [6, 6.07) is 0. The van der Waals surface area contributed by atoms with Gasteiger partial charge in [-0.05, 0) is 41.6 Å². The maximum Gasteiger partial charge on any atom is 0.110 e. The molecule has 2 rings (SSSR count). The zero-order chi connectivity index (χ0) is 14.0. The third kappa shape index (κ3) is 3.20. The van der Waals surface area contributed by atoms with E-state index in [1.165, 1.54) is 0 Å². The summed E-state index contributed by atoms with van der Waals surface area (Å²) in [7, 11) is 0. The van der Waals surface area contributed by atoms with E-state index in [0.717, 1.165) is 49.2 Å². The molecular formula is C14H24BrN3O. The summed E-state index contributed by atoms with van der Waals surface area (Å²) in [6.45, 7) is 10.3. The van der Waals surface area contributed by atoms with Crippen LogP contribution >= 0.6 is 15.9 Å². The van der Waals surface area contributed by atoms with Gasteiger partial charge in [-0.25, -0.2) is 0 Å². The largest absolute Gasteiger partial charge is 0.383 e. The average Bonchev–Trinajstić information content (AvgIpc) is 2.74. The zero-order valence-electron chi connectivity index (χ0n) is 12.1. The maximum absolute atomic E-state index is 11.0. The normalized spacial score (nSPS) is 20.1. The highest BCUT2D eigenvalue weighted by Crippen LogP contribution is 2.37. The van der Waals surface area contributed by atoms with Crippen LogP contribution in [0.25, 0.3) is 0 Å². The Kier molecular flexibility index (Phi) is 4.69. The molecule has 4 nitrogen and oxygen atoms in total. The Bertz CT molecular complexity index is 422. The first kappa shape index (κ1) is 15.0. The van der Waals surface area contributed by atoms with Gasteiger partial charge in [0.15, 0.2) is 0 Å². The minimum atomic E-state index is -0.737. The summed E-state index contributed by atoms with van der Waals surface area (Å²) in [4.78, 5) is 2.44. The number of hydrogen-bond donors (Lipinski definition) is 1. The number of nitrogens with zero attached hydrogens (tertiary/aromatic N) is 3. The van der Waals surface area contributed by atoms with E-state index in [0.29, 0.717) is 5.92 Å². The maximum atomic E-state index is 11.0. The molecule has 0 spiro atoms. The summed E-state index contributed by atoms with van der Waals surface area (Å²) in [5.74, 6) is 0.680. The van der Waals surface area contributed by atoms with Gasteiger partial charge < -0.3 is 10.0 Å². The highest BCUT2D eigenvalue weighted by atomic mass is 79.9. The van der Waals surface area contributed by atoms with E-state index < -0.39 is 5.60 Å². The van der Waals surface area contributed by atoms with Crippen molar-refractivity contribution in [3.63, 3.8) is 0 Å². The van der Waals surface area contributed by atoms with E-state index in [1.807, 2.05) is 4.68 Å². The van der Waals surface area contributed by atoms with Crippen molar-refractivity contribution in [1.82, 2.24) is 14.7 Å². The number of aryl methyl sites for hydroxylation is 1. The molecule has 2 heterocycles. The molecule has 19 heavy (non-hydrogen) atoms. The molecule has 108 valence electrons. The lowest BCUT2D eigenvalue weighted by Gasteiger charge is -2.39. The Balaban J connectivity index is 2.11. The lowest BCUT2D eigenvalue weighted by Crippen LogP contribution is -2.44. The molecular weight excluding hydrogens is 306 g/mol. The molecule has 0 radical (unpaired) electrons. The van der Waals surface area contributed by atoms with Crippen molar-refractivity contribution in [2.24, 2.45) is 5.92 Å².